The van der Waals surface area contributed by atoms with Crippen LogP contribution in [0.3, 0.4) is 0 Å². The molecule has 0 aromatic carbocycles. The van der Waals surface area contributed by atoms with Gasteiger partial charge in [0.25, 0.3) is 0 Å². The number of hydrogen-bond acceptors (Lipinski definition) is 23. The van der Waals surface area contributed by atoms with E-state index in [1.165, 1.54) is 0 Å². The molecule has 0 aromatic rings. The molecule has 0 saturated carbocycles. The van der Waals surface area contributed by atoms with Crippen molar-refractivity contribution in [1.29, 1.82) is 0 Å². The molecule has 0 spiro atoms. The maximum atomic E-state index is 11.9. The minimum Gasteiger partial charge on any atom is -0.432 e. The summed E-state index contributed by atoms with van der Waals surface area (Å²) in [6.07, 6.45) is 0. The van der Waals surface area contributed by atoms with Gasteiger partial charge in [0.05, 0.1) is 0 Å². The second kappa shape index (κ2) is 13.0. The zero-order chi connectivity index (χ0) is 37.8. The van der Waals surface area contributed by atoms with Crippen LogP contribution in [-0.4, -0.2) is 207 Å². The number of rotatable bonds is 8. The molecule has 20 N–H and O–H groups in total. The second-order valence-corrected chi connectivity index (χ2v) is 61.2. The molecule has 4 aliphatic rings. The van der Waals surface area contributed by atoms with Crippen LogP contribution in [0.25, 0.3) is 0 Å². The summed E-state index contributed by atoms with van der Waals surface area (Å²) in [6.45, 7) is 0. The van der Waals surface area contributed by atoms with Crippen LogP contribution in [0.2, 0.25) is 73.7 Å². The first kappa shape index (κ1) is 43.6. The summed E-state index contributed by atoms with van der Waals surface area (Å²) in [5, 5.41) is 0. The van der Waals surface area contributed by atoms with Crippen LogP contribution in [0.4, 0.5) is 0 Å². The molecule has 0 amide bonds. The normalized spacial score (nSPS) is 38.4. The Bertz CT molecular complexity index is 1160. The van der Waals surface area contributed by atoms with Gasteiger partial charge in [0.2, 0.25) is 0 Å². The molecule has 288 valence electrons. The van der Waals surface area contributed by atoms with E-state index < -0.39 is 185 Å². The lowest BCUT2D eigenvalue weighted by Crippen LogP contribution is -2.75. The minimum absolute atomic E-state index is 0.749. The molecule has 2 atom stereocenters. The third-order valence-electron chi connectivity index (χ3n) is 8.49. The summed E-state index contributed by atoms with van der Waals surface area (Å²) in [6, 6.07) is 0. The first-order valence-corrected chi connectivity index (χ1v) is 44.7. The van der Waals surface area contributed by atoms with Crippen molar-refractivity contribution < 1.29 is 108 Å². The topological polar surface area (TPSA) is 432 Å². The fourth-order valence-corrected chi connectivity index (χ4v) is 96.6. The van der Waals surface area contributed by atoms with Gasteiger partial charge in [-0.3, -0.25) is 0 Å². The lowest BCUT2D eigenvalue weighted by molar-refractivity contribution is 0.205. The third kappa shape index (κ3) is 11.9. The van der Waals surface area contributed by atoms with E-state index in [2.05, 4.69) is 0 Å². The molecule has 4 rings (SSSR count). The average Bonchev–Trinajstić information content (AvgIpc) is 2.58. The molecule has 2 unspecified atom stereocenters. The van der Waals surface area contributed by atoms with Gasteiger partial charge in [0.15, 0.2) is 8.32 Å². The highest BCUT2D eigenvalue weighted by molar-refractivity contribution is 7.12. The Morgan fingerprint density at radius 2 is 0.571 bits per heavy atom. The number of hydrogen-bond donors (Lipinski definition) is 20. The van der Waals surface area contributed by atoms with Gasteiger partial charge in [-0.05, 0) is 0 Å². The van der Waals surface area contributed by atoms with Crippen molar-refractivity contribution in [3.8, 4) is 0 Å². The van der Waals surface area contributed by atoms with E-state index in [0.29, 0.717) is 0 Å². The fraction of sp³-hybridized carbons (Fsp3) is 1.00. The Labute approximate surface area is 291 Å². The summed E-state index contributed by atoms with van der Waals surface area (Å²) in [5.41, 5.74) is -11.6. The maximum Gasteiger partial charge on any atom is 0.486 e. The molecule has 0 aromatic heterocycles. The Morgan fingerprint density at radius 3 is 0.878 bits per heavy atom. The van der Waals surface area contributed by atoms with E-state index in [4.69, 9.17) is 12.3 Å². The lowest BCUT2D eigenvalue weighted by Gasteiger charge is -2.50. The van der Waals surface area contributed by atoms with Gasteiger partial charge in [-0.25, -0.2) is 0 Å². The summed E-state index contributed by atoms with van der Waals surface area (Å²) in [4.78, 5) is 215. The fourth-order valence-electron chi connectivity index (χ4n) is 8.19. The van der Waals surface area contributed by atoms with E-state index in [9.17, 15) is 95.9 Å². The summed E-state index contributed by atoms with van der Waals surface area (Å²) in [5.74, 6) is 0. The lowest BCUT2D eigenvalue weighted by atomic mass is 11.7. The van der Waals surface area contributed by atoms with Crippen LogP contribution < -0.4 is 0 Å². The van der Waals surface area contributed by atoms with E-state index in [0.717, 1.165) is 0 Å². The molecular weight excluding hydrogens is 889 g/mol. The highest BCUT2D eigenvalue weighted by atomic mass is 28.6. The Morgan fingerprint density at radius 1 is 0.327 bits per heavy atom. The molecule has 4 saturated heterocycles. The second-order valence-electron chi connectivity index (χ2n) is 15.2. The quantitative estimate of drug-likeness (QED) is 0.100. The zero-order valence-electron chi connectivity index (χ0n) is 25.9. The largest absolute Gasteiger partial charge is 0.486 e. The Kier molecular flexibility index (Phi) is 11.6. The standard InChI is InChI=1S/C13H46O23Si13/c14-37(1-38(15,16)4-39(17,18)2-37)3-49(32,33)36-48(31)12-46(29,34-44(27)7-40(19,20)5-41(21,22)8-44)11-47(30,13-48)35-45(28)9-42(23,24)6-43(25,26)10-45/h14-33H,1-13H2. The molecular formula is C13H46O23Si13. The molecule has 4 heterocycles. The molecule has 4 fully saturated rings. The summed E-state index contributed by atoms with van der Waals surface area (Å²) in [7, 11) is -61.5. The van der Waals surface area contributed by atoms with Gasteiger partial charge in [-0.15, -0.1) is 0 Å². The maximum absolute atomic E-state index is 11.9. The molecule has 36 heteroatoms. The van der Waals surface area contributed by atoms with Crippen LogP contribution in [0, 0.1) is 0 Å². The SMILES string of the molecule is O[Si]1(O)C[Si](O)(O)C[Si](O)(C[Si](O)(O)O[Si]2(O)C[Si](O)(O[Si]3(O)C[Si](O)(O)C[Si](O)(O)C3)C[Si](O)(O[Si]3(O)C[Si](O)(O)C[Si](O)(O)C3)C2)C1. The van der Waals surface area contributed by atoms with Crippen molar-refractivity contribution in [2.75, 3.05) is 0 Å². The predicted octanol–water partition coefficient (Wildman–Crippen LogP) is -10.3. The van der Waals surface area contributed by atoms with Crippen molar-refractivity contribution in [3.05, 3.63) is 0 Å². The van der Waals surface area contributed by atoms with Gasteiger partial charge >= 0.3 is 103 Å². The van der Waals surface area contributed by atoms with Gasteiger partial charge < -0.3 is 108 Å². The average molecular weight is 936 g/mol. The first-order valence-electron chi connectivity index (χ1n) is 14.9. The summed E-state index contributed by atoms with van der Waals surface area (Å²) >= 11 is 0. The van der Waals surface area contributed by atoms with E-state index in [-0.39, 0.29) is 0 Å². The minimum atomic E-state index is -5.47. The van der Waals surface area contributed by atoms with Crippen molar-refractivity contribution in [3.63, 3.8) is 0 Å². The van der Waals surface area contributed by atoms with Crippen LogP contribution in [-0.2, 0) is 12.3 Å². The Balaban J connectivity index is 1.70. The van der Waals surface area contributed by atoms with Crippen LogP contribution >= 0.6 is 0 Å². The molecule has 0 bridgehead atoms. The van der Waals surface area contributed by atoms with E-state index in [1.807, 2.05) is 0 Å². The van der Waals surface area contributed by atoms with Gasteiger partial charge in [0, 0.05) is 73.7 Å². The van der Waals surface area contributed by atoms with Crippen molar-refractivity contribution in [1.82, 2.24) is 0 Å². The summed E-state index contributed by atoms with van der Waals surface area (Å²) < 4.78 is 16.7. The van der Waals surface area contributed by atoms with Gasteiger partial charge in [0.1, 0.15) is 0 Å². The molecule has 49 heavy (non-hydrogen) atoms. The van der Waals surface area contributed by atoms with Crippen molar-refractivity contribution in [2.24, 2.45) is 0 Å². The monoisotopic (exact) mass is 934 g/mol. The molecule has 4 aliphatic heterocycles. The third-order valence-corrected chi connectivity index (χ3v) is 76.4. The van der Waals surface area contributed by atoms with E-state index >= 15 is 0 Å². The molecule has 0 radical (unpaired) electrons. The van der Waals surface area contributed by atoms with Crippen LogP contribution in [0.5, 0.6) is 0 Å². The Hall–Kier alpha value is 1.90. The highest BCUT2D eigenvalue weighted by Gasteiger charge is 2.72. The highest BCUT2D eigenvalue weighted by Crippen LogP contribution is 2.47. The van der Waals surface area contributed by atoms with Crippen LogP contribution in [0.15, 0.2) is 0 Å². The van der Waals surface area contributed by atoms with Gasteiger partial charge in [-0.1, -0.05) is 0 Å². The van der Waals surface area contributed by atoms with Crippen molar-refractivity contribution in [2.45, 2.75) is 73.7 Å². The molecule has 23 nitrogen and oxygen atoms in total. The van der Waals surface area contributed by atoms with Crippen molar-refractivity contribution >= 4 is 111 Å². The van der Waals surface area contributed by atoms with Gasteiger partial charge in [-0.2, -0.15) is 0 Å². The smallest absolute Gasteiger partial charge is 0.432 e. The zero-order valence-corrected chi connectivity index (χ0v) is 38.9. The van der Waals surface area contributed by atoms with Crippen LogP contribution in [0.1, 0.15) is 0 Å². The first-order chi connectivity index (χ1) is 21.3. The van der Waals surface area contributed by atoms with E-state index in [1.54, 1.807) is 0 Å². The predicted molar refractivity (Wildman–Crippen MR) is 185 cm³/mol. The molecule has 0 aliphatic carbocycles.